The molecular formula is C30H27N3O9. The van der Waals surface area contributed by atoms with Gasteiger partial charge in [0.05, 0.1) is 40.9 Å². The molecule has 216 valence electrons. The van der Waals surface area contributed by atoms with Crippen LogP contribution in [0.4, 0.5) is 5.69 Å². The molecule has 0 bridgehead atoms. The first-order chi connectivity index (χ1) is 20.4. The van der Waals surface area contributed by atoms with Crippen LogP contribution in [0.1, 0.15) is 36.8 Å². The fourth-order valence-corrected chi connectivity index (χ4v) is 3.78. The van der Waals surface area contributed by atoms with Crippen molar-refractivity contribution in [1.29, 1.82) is 0 Å². The number of benzene rings is 3. The van der Waals surface area contributed by atoms with Crippen molar-refractivity contribution >= 4 is 29.7 Å². The summed E-state index contributed by atoms with van der Waals surface area (Å²) in [6, 6.07) is 17.2. The number of amides is 2. The smallest absolute Gasteiger partial charge is 0.379 e. The van der Waals surface area contributed by atoms with Crippen LogP contribution in [-0.2, 0) is 0 Å². The third kappa shape index (κ3) is 6.86. The Kier molecular flexibility index (Phi) is 9.41. The summed E-state index contributed by atoms with van der Waals surface area (Å²) in [5.74, 6) is -0.0950. The minimum absolute atomic E-state index is 0.0511. The third-order valence-electron chi connectivity index (χ3n) is 5.80. The van der Waals surface area contributed by atoms with E-state index in [-0.39, 0.29) is 28.4 Å². The van der Waals surface area contributed by atoms with Crippen molar-refractivity contribution < 1.29 is 42.5 Å². The van der Waals surface area contributed by atoms with Gasteiger partial charge in [-0.05, 0) is 66.2 Å². The number of anilines is 1. The summed E-state index contributed by atoms with van der Waals surface area (Å²) in [5.41, 5.74) is 3.91. The molecule has 0 unspecified atom stereocenters. The van der Waals surface area contributed by atoms with E-state index in [9.17, 15) is 14.4 Å². The predicted molar refractivity (Wildman–Crippen MR) is 152 cm³/mol. The Morgan fingerprint density at radius 2 is 1.48 bits per heavy atom. The number of hydrogen-bond donors (Lipinski definition) is 2. The number of furan rings is 1. The molecule has 1 heterocycles. The molecule has 2 amide bonds. The molecule has 0 saturated heterocycles. The van der Waals surface area contributed by atoms with Crippen molar-refractivity contribution in [2.75, 3.05) is 33.8 Å². The van der Waals surface area contributed by atoms with Crippen LogP contribution in [0.25, 0.3) is 0 Å². The molecule has 0 spiro atoms. The van der Waals surface area contributed by atoms with Crippen molar-refractivity contribution in [1.82, 2.24) is 5.43 Å². The number of nitrogens with zero attached hydrogens (tertiary/aromatic N) is 1. The van der Waals surface area contributed by atoms with Gasteiger partial charge in [-0.1, -0.05) is 6.07 Å². The van der Waals surface area contributed by atoms with Crippen LogP contribution in [0.2, 0.25) is 0 Å². The van der Waals surface area contributed by atoms with Crippen molar-refractivity contribution in [3.05, 3.63) is 95.4 Å². The summed E-state index contributed by atoms with van der Waals surface area (Å²) in [6.07, 6.45) is 2.76. The van der Waals surface area contributed by atoms with Crippen molar-refractivity contribution in [2.45, 2.75) is 0 Å². The van der Waals surface area contributed by atoms with Gasteiger partial charge in [-0.15, -0.1) is 0 Å². The number of ether oxygens (including phenoxy) is 5. The highest BCUT2D eigenvalue weighted by Crippen LogP contribution is 2.38. The number of methoxy groups -OCH3 is 4. The van der Waals surface area contributed by atoms with E-state index in [2.05, 4.69) is 15.8 Å². The number of carbonyl (C=O) groups excluding carboxylic acids is 3. The van der Waals surface area contributed by atoms with Gasteiger partial charge in [-0.3, -0.25) is 9.59 Å². The molecule has 0 aliphatic carbocycles. The Bertz CT molecular complexity index is 1590. The minimum Gasteiger partial charge on any atom is -0.493 e. The van der Waals surface area contributed by atoms with Crippen LogP contribution in [0.15, 0.2) is 82.5 Å². The van der Waals surface area contributed by atoms with E-state index in [0.29, 0.717) is 28.5 Å². The number of hydrogen-bond acceptors (Lipinski definition) is 10. The first-order valence-electron chi connectivity index (χ1n) is 12.3. The topological polar surface area (TPSA) is 147 Å². The highest BCUT2D eigenvalue weighted by molar-refractivity contribution is 6.06. The van der Waals surface area contributed by atoms with E-state index in [4.69, 9.17) is 28.1 Å². The molecule has 2 N–H and O–H groups in total. The normalized spacial score (nSPS) is 10.6. The highest BCUT2D eigenvalue weighted by Gasteiger charge is 2.18. The largest absolute Gasteiger partial charge is 0.493 e. The standard InChI is InChI=1S/C30H27N3O9/c1-37-24-13-18(10-11-22(24)42-30(36)23-9-6-12-41-23)17-31-33-29(35)19-7-5-8-21(14-19)32-28(34)20-15-25(38-2)27(40-4)26(16-20)39-3/h5-17H,1-4H3,(H,32,34)(H,33,35). The zero-order valence-electron chi connectivity index (χ0n) is 23.1. The first-order valence-corrected chi connectivity index (χ1v) is 12.3. The van der Waals surface area contributed by atoms with Crippen LogP contribution in [0, 0.1) is 0 Å². The average molecular weight is 574 g/mol. The van der Waals surface area contributed by atoms with Gasteiger partial charge in [0, 0.05) is 16.8 Å². The van der Waals surface area contributed by atoms with Gasteiger partial charge >= 0.3 is 5.97 Å². The lowest BCUT2D eigenvalue weighted by Crippen LogP contribution is -2.18. The van der Waals surface area contributed by atoms with Crippen molar-refractivity contribution in [3.8, 4) is 28.7 Å². The highest BCUT2D eigenvalue weighted by atomic mass is 16.6. The van der Waals surface area contributed by atoms with Gasteiger partial charge in [0.25, 0.3) is 11.8 Å². The quantitative estimate of drug-likeness (QED) is 0.114. The average Bonchev–Trinajstić information content (AvgIpc) is 3.56. The second-order valence-electron chi connectivity index (χ2n) is 8.43. The summed E-state index contributed by atoms with van der Waals surface area (Å²) in [7, 11) is 5.80. The molecule has 0 saturated carbocycles. The van der Waals surface area contributed by atoms with Crippen molar-refractivity contribution in [3.63, 3.8) is 0 Å². The molecule has 4 rings (SSSR count). The number of nitrogens with one attached hydrogen (secondary N) is 2. The maximum atomic E-state index is 12.9. The monoisotopic (exact) mass is 573 g/mol. The molecule has 0 atom stereocenters. The maximum Gasteiger partial charge on any atom is 0.379 e. The Morgan fingerprint density at radius 3 is 2.12 bits per heavy atom. The molecule has 4 aromatic rings. The van der Waals surface area contributed by atoms with Crippen LogP contribution in [-0.4, -0.2) is 52.4 Å². The molecule has 42 heavy (non-hydrogen) atoms. The molecule has 0 radical (unpaired) electrons. The van der Waals surface area contributed by atoms with Crippen LogP contribution < -0.4 is 34.4 Å². The third-order valence-corrected chi connectivity index (χ3v) is 5.80. The van der Waals surface area contributed by atoms with E-state index in [1.54, 1.807) is 36.4 Å². The number of carbonyl (C=O) groups is 3. The lowest BCUT2D eigenvalue weighted by atomic mass is 10.1. The fourth-order valence-electron chi connectivity index (χ4n) is 3.78. The second-order valence-corrected chi connectivity index (χ2v) is 8.43. The fraction of sp³-hybridized carbons (Fsp3) is 0.133. The molecule has 1 aromatic heterocycles. The van der Waals surface area contributed by atoms with Gasteiger partial charge in [0.2, 0.25) is 11.5 Å². The molecule has 12 heteroatoms. The molecule has 0 fully saturated rings. The minimum atomic E-state index is -0.672. The van der Waals surface area contributed by atoms with Gasteiger partial charge in [-0.2, -0.15) is 5.10 Å². The summed E-state index contributed by atoms with van der Waals surface area (Å²) < 4.78 is 31.6. The Balaban J connectivity index is 1.40. The molecule has 0 aliphatic rings. The molecule has 0 aliphatic heterocycles. The summed E-state index contributed by atoms with van der Waals surface area (Å²) in [5, 5.41) is 6.74. The van der Waals surface area contributed by atoms with E-state index in [1.807, 2.05) is 0 Å². The van der Waals surface area contributed by atoms with Crippen LogP contribution in [0.3, 0.4) is 0 Å². The Hall–Kier alpha value is -5.78. The molecule has 3 aromatic carbocycles. The lowest BCUT2D eigenvalue weighted by molar-refractivity contribution is 0.0696. The van der Waals surface area contributed by atoms with E-state index >= 15 is 0 Å². The number of hydrazone groups is 1. The molecule has 12 nitrogen and oxygen atoms in total. The van der Waals surface area contributed by atoms with E-state index in [0.717, 1.165) is 0 Å². The summed E-state index contributed by atoms with van der Waals surface area (Å²) >= 11 is 0. The Morgan fingerprint density at radius 1 is 0.738 bits per heavy atom. The first kappa shape index (κ1) is 29.2. The van der Waals surface area contributed by atoms with Crippen molar-refractivity contribution in [2.24, 2.45) is 5.10 Å². The van der Waals surface area contributed by atoms with Gasteiger partial charge in [0.15, 0.2) is 23.0 Å². The second kappa shape index (κ2) is 13.5. The SMILES string of the molecule is COc1cc(C=NNC(=O)c2cccc(NC(=O)c3cc(OC)c(OC)c(OC)c3)c2)ccc1OC(=O)c1ccco1. The van der Waals surface area contributed by atoms with E-state index in [1.165, 1.54) is 71.2 Å². The summed E-state index contributed by atoms with van der Waals surface area (Å²) in [4.78, 5) is 37.8. The zero-order valence-corrected chi connectivity index (χ0v) is 23.1. The lowest BCUT2D eigenvalue weighted by Gasteiger charge is -2.14. The van der Waals surface area contributed by atoms with Crippen LogP contribution in [0.5, 0.6) is 28.7 Å². The molecular weight excluding hydrogens is 546 g/mol. The number of rotatable bonds is 11. The Labute approximate surface area is 240 Å². The predicted octanol–water partition coefficient (Wildman–Crippen LogP) is 4.55. The number of esters is 1. The van der Waals surface area contributed by atoms with Gasteiger partial charge in [-0.25, -0.2) is 10.2 Å². The van der Waals surface area contributed by atoms with E-state index < -0.39 is 17.8 Å². The maximum absolute atomic E-state index is 12.9. The summed E-state index contributed by atoms with van der Waals surface area (Å²) in [6.45, 7) is 0. The zero-order chi connectivity index (χ0) is 30.1. The van der Waals surface area contributed by atoms with Gasteiger partial charge < -0.3 is 33.4 Å². The van der Waals surface area contributed by atoms with Gasteiger partial charge in [0.1, 0.15) is 0 Å². The van der Waals surface area contributed by atoms with Crippen LogP contribution >= 0.6 is 0 Å².